The summed E-state index contributed by atoms with van der Waals surface area (Å²) in [6.07, 6.45) is 2.39. The molecule has 0 saturated heterocycles. The summed E-state index contributed by atoms with van der Waals surface area (Å²) in [7, 11) is 0. The van der Waals surface area contributed by atoms with Gasteiger partial charge in [-0.2, -0.15) is 0 Å². The largest absolute Gasteiger partial charge is 0.475 e. The number of hydrogen-bond donors (Lipinski definition) is 2. The summed E-state index contributed by atoms with van der Waals surface area (Å²) in [5.41, 5.74) is 6.81. The molecule has 0 bridgehead atoms. The van der Waals surface area contributed by atoms with Crippen LogP contribution >= 0.6 is 0 Å². The number of carboxylic acid groups (broad SMARTS) is 1. The molecule has 0 aromatic heterocycles. The molecule has 12 heavy (non-hydrogen) atoms. The molecule has 0 rings (SSSR count). The third kappa shape index (κ3) is 4.18. The predicted octanol–water partition coefficient (Wildman–Crippen LogP) is 1.32. The average molecular weight is 168 g/mol. The highest BCUT2D eigenvalue weighted by Gasteiger charge is 2.05. The van der Waals surface area contributed by atoms with Gasteiger partial charge in [-0.3, -0.25) is 0 Å². The molecule has 0 aliphatic carbocycles. The minimum absolute atomic E-state index is 0.716. The summed E-state index contributed by atoms with van der Waals surface area (Å²) in [5, 5.41) is 16.3. The summed E-state index contributed by atoms with van der Waals surface area (Å²) in [5.74, 6) is -2.13. The van der Waals surface area contributed by atoms with Crippen LogP contribution in [0.25, 0.3) is 0 Å². The van der Waals surface area contributed by atoms with E-state index in [4.69, 9.17) is 10.4 Å². The molecule has 4 nitrogen and oxygen atoms in total. The number of carbonyl (C=O) groups is 1. The lowest BCUT2D eigenvalue weighted by Crippen LogP contribution is -2.00. The maximum Gasteiger partial charge on any atom is 0.384 e. The van der Waals surface area contributed by atoms with E-state index in [-0.39, 0.29) is 0 Å². The van der Waals surface area contributed by atoms with E-state index in [9.17, 15) is 4.79 Å². The molecule has 0 unspecified atom stereocenters. The molecular weight excluding hydrogens is 160 g/mol. The molecule has 0 heterocycles. The summed E-state index contributed by atoms with van der Waals surface area (Å²) in [6.45, 7) is 1.89. The number of aliphatic carboxylic acids is 1. The zero-order valence-corrected chi connectivity index (χ0v) is 6.50. The monoisotopic (exact) mass is 168 g/mol. The Hall–Kier alpha value is -1.69. The molecule has 0 saturated carbocycles. The van der Waals surface area contributed by atoms with Crippen LogP contribution in [0, 0.1) is 0 Å². The van der Waals surface area contributed by atoms with E-state index in [0.717, 1.165) is 6.42 Å². The fraction of sp³-hybridized carbons (Fsp3) is 0.250. The van der Waals surface area contributed by atoms with Gasteiger partial charge in [0.1, 0.15) is 0 Å². The first kappa shape index (κ1) is 10.3. The number of carboxylic acids is 1. The van der Waals surface area contributed by atoms with Crippen molar-refractivity contribution < 1.29 is 20.0 Å². The van der Waals surface area contributed by atoms with Gasteiger partial charge < -0.3 is 9.99 Å². The van der Waals surface area contributed by atoms with Crippen molar-refractivity contribution in [2.45, 2.75) is 13.3 Å². The second-order valence-corrected chi connectivity index (χ2v) is 1.73. The molecule has 0 radical (unpaired) electrons. The van der Waals surface area contributed by atoms with Gasteiger partial charge in [0.25, 0.3) is 0 Å². The molecule has 0 atom stereocenters. The van der Waals surface area contributed by atoms with E-state index < -0.39 is 11.7 Å². The molecular formula is C8H8O4. The highest BCUT2D eigenvalue weighted by molar-refractivity contribution is 5.83. The Morgan fingerprint density at radius 2 is 2.33 bits per heavy atom. The zero-order valence-electron chi connectivity index (χ0n) is 6.50. The van der Waals surface area contributed by atoms with Crippen LogP contribution in [0.3, 0.4) is 0 Å². The smallest absolute Gasteiger partial charge is 0.384 e. The third-order valence-corrected chi connectivity index (χ3v) is 0.840. The van der Waals surface area contributed by atoms with Gasteiger partial charge >= 0.3 is 11.7 Å². The molecule has 0 aromatic rings. The first-order valence-corrected chi connectivity index (χ1v) is 3.22. The van der Waals surface area contributed by atoms with Crippen molar-refractivity contribution in [3.05, 3.63) is 29.0 Å². The lowest BCUT2D eigenvalue weighted by atomic mass is 10.4. The van der Waals surface area contributed by atoms with E-state index in [1.807, 2.05) is 6.92 Å². The van der Waals surface area contributed by atoms with E-state index in [1.54, 1.807) is 6.08 Å². The molecule has 0 aromatic carbocycles. The normalized spacial score (nSPS) is 7.17. The Labute approximate surface area is 69.3 Å². The van der Waals surface area contributed by atoms with E-state index in [0.29, 0.717) is 0 Å². The van der Waals surface area contributed by atoms with Crippen molar-refractivity contribution in [3.8, 4) is 0 Å². The van der Waals surface area contributed by atoms with Crippen molar-refractivity contribution in [3.63, 3.8) is 0 Å². The van der Waals surface area contributed by atoms with Crippen LogP contribution in [-0.4, -0.2) is 16.3 Å². The molecule has 2 N–H and O–H groups in total. The lowest BCUT2D eigenvalue weighted by molar-refractivity contribution is -0.210. The fourth-order valence-corrected chi connectivity index (χ4v) is 0.361. The second-order valence-electron chi connectivity index (χ2n) is 1.73. The van der Waals surface area contributed by atoms with Gasteiger partial charge in [0.05, 0.1) is 0 Å². The molecule has 0 amide bonds. The minimum atomic E-state index is -1.41. The molecule has 0 spiro atoms. The quantitative estimate of drug-likeness (QED) is 0.219. The van der Waals surface area contributed by atoms with Gasteiger partial charge in [-0.1, -0.05) is 12.7 Å². The molecule has 4 heteroatoms. The lowest BCUT2D eigenvalue weighted by Gasteiger charge is -1.88. The summed E-state index contributed by atoms with van der Waals surface area (Å²) in [6, 6.07) is 0. The van der Waals surface area contributed by atoms with Crippen LogP contribution < -0.4 is 0 Å². The van der Waals surface area contributed by atoms with Crippen molar-refractivity contribution >= 4 is 5.97 Å². The van der Waals surface area contributed by atoms with Crippen molar-refractivity contribution in [2.75, 3.05) is 0 Å². The highest BCUT2D eigenvalue weighted by Crippen LogP contribution is 1.89. The fourth-order valence-electron chi connectivity index (χ4n) is 0.361. The summed E-state index contributed by atoms with van der Waals surface area (Å²) in [4.78, 5) is 13.6. The van der Waals surface area contributed by atoms with Gasteiger partial charge in [0, 0.05) is 0 Å². The Kier molecular flexibility index (Phi) is 5.20. The standard InChI is InChI=1S/C8H8O4/c1-2-3-4-5-6-7(12-11)8(9)10/h3,11H,2H2,1H3,(H,9,10). The Balaban J connectivity index is 4.82. The van der Waals surface area contributed by atoms with Gasteiger partial charge in [-0.15, -0.1) is 0 Å². The minimum Gasteiger partial charge on any atom is -0.475 e. The number of hydrogen-bond acceptors (Lipinski definition) is 3. The molecule has 0 aliphatic rings. The first-order chi connectivity index (χ1) is 5.72. The van der Waals surface area contributed by atoms with Crippen LogP contribution in [-0.2, 0) is 9.68 Å². The van der Waals surface area contributed by atoms with Crippen molar-refractivity contribution in [1.29, 1.82) is 0 Å². The zero-order chi connectivity index (χ0) is 9.40. The van der Waals surface area contributed by atoms with E-state index in [1.165, 1.54) is 0 Å². The van der Waals surface area contributed by atoms with Crippen LogP contribution in [0.2, 0.25) is 0 Å². The van der Waals surface area contributed by atoms with Crippen LogP contribution in [0.15, 0.2) is 29.0 Å². The maximum atomic E-state index is 10.1. The van der Waals surface area contributed by atoms with Crippen LogP contribution in [0.5, 0.6) is 0 Å². The van der Waals surface area contributed by atoms with Crippen LogP contribution in [0.1, 0.15) is 13.3 Å². The summed E-state index contributed by atoms with van der Waals surface area (Å²) < 4.78 is 0. The van der Waals surface area contributed by atoms with Gasteiger partial charge in [0.15, 0.2) is 0 Å². The van der Waals surface area contributed by atoms with Crippen molar-refractivity contribution in [2.24, 2.45) is 0 Å². The Bertz CT molecular complexity index is 284. The topological polar surface area (TPSA) is 66.8 Å². The maximum absolute atomic E-state index is 10.1. The molecule has 0 aliphatic heterocycles. The predicted molar refractivity (Wildman–Crippen MR) is 40.3 cm³/mol. The van der Waals surface area contributed by atoms with E-state index in [2.05, 4.69) is 22.1 Å². The molecule has 0 fully saturated rings. The number of allylic oxidation sites excluding steroid dienone is 1. The van der Waals surface area contributed by atoms with E-state index >= 15 is 0 Å². The van der Waals surface area contributed by atoms with Gasteiger partial charge in [0.2, 0.25) is 0 Å². The SMILES string of the molecule is CCC=C=C=C=C(OO)C(=O)O. The van der Waals surface area contributed by atoms with Gasteiger partial charge in [-0.25, -0.2) is 10.1 Å². The van der Waals surface area contributed by atoms with Crippen LogP contribution in [0.4, 0.5) is 0 Å². The highest BCUT2D eigenvalue weighted by atomic mass is 17.1. The van der Waals surface area contributed by atoms with Crippen molar-refractivity contribution in [1.82, 2.24) is 0 Å². The first-order valence-electron chi connectivity index (χ1n) is 3.22. The Morgan fingerprint density at radius 3 is 2.75 bits per heavy atom. The molecule has 64 valence electrons. The summed E-state index contributed by atoms with van der Waals surface area (Å²) >= 11 is 0. The van der Waals surface area contributed by atoms with Gasteiger partial charge in [-0.05, 0) is 24.0 Å². The Morgan fingerprint density at radius 1 is 1.67 bits per heavy atom. The third-order valence-electron chi connectivity index (χ3n) is 0.840. The second kappa shape index (κ2) is 6.05. The average Bonchev–Trinajstić information content (AvgIpc) is 2.04. The number of rotatable bonds is 3.